The minimum atomic E-state index is 0.768. The third kappa shape index (κ3) is 4.56. The Morgan fingerprint density at radius 2 is 1.12 bits per heavy atom. The normalized spacial score (nSPS) is 11.7. The van der Waals surface area contributed by atoms with Crippen molar-refractivity contribution in [3.8, 4) is 22.9 Å². The maximum atomic E-state index is 5.42. The highest BCUT2D eigenvalue weighted by Crippen LogP contribution is 2.40. The molecule has 0 aliphatic heterocycles. The zero-order chi connectivity index (χ0) is 34.8. The summed E-state index contributed by atoms with van der Waals surface area (Å²) < 4.78 is 6.76. The molecule has 0 amide bonds. The van der Waals surface area contributed by atoms with Crippen molar-refractivity contribution in [2.24, 2.45) is 0 Å². The number of rotatable bonds is 6. The zero-order valence-corrected chi connectivity index (χ0v) is 28.7. The lowest BCUT2D eigenvalue weighted by Gasteiger charge is -2.25. The van der Waals surface area contributed by atoms with Gasteiger partial charge in [-0.2, -0.15) is 0 Å². The summed E-state index contributed by atoms with van der Waals surface area (Å²) in [6, 6.07) is 56.6. The molecule has 0 aliphatic rings. The Hall–Kier alpha value is -6.99. The van der Waals surface area contributed by atoms with Crippen molar-refractivity contribution in [1.29, 1.82) is 0 Å². The molecule has 4 aromatic heterocycles. The number of pyridine rings is 1. The van der Waals surface area contributed by atoms with E-state index in [4.69, 9.17) is 15.0 Å². The summed E-state index contributed by atoms with van der Waals surface area (Å²) in [7, 11) is 0. The van der Waals surface area contributed by atoms with Crippen LogP contribution in [0.1, 0.15) is 11.1 Å². The minimum Gasteiger partial charge on any atom is -0.293 e. The van der Waals surface area contributed by atoms with Crippen molar-refractivity contribution in [1.82, 2.24) is 28.5 Å². The van der Waals surface area contributed by atoms with Crippen LogP contribution in [0, 0.1) is 13.8 Å². The summed E-state index contributed by atoms with van der Waals surface area (Å²) in [4.78, 5) is 18.2. The second-order valence-electron chi connectivity index (χ2n) is 13.1. The molecule has 0 saturated carbocycles. The van der Waals surface area contributed by atoms with Crippen molar-refractivity contribution < 1.29 is 0 Å². The molecule has 0 radical (unpaired) electrons. The van der Waals surface area contributed by atoms with Gasteiger partial charge in [-0.05, 0) is 97.8 Å². The molecule has 248 valence electrons. The predicted octanol–water partition coefficient (Wildman–Crippen LogP) is 10.9. The first-order chi connectivity index (χ1) is 25.7. The van der Waals surface area contributed by atoms with Crippen LogP contribution in [0.2, 0.25) is 0 Å². The number of para-hydroxylation sites is 8. The molecule has 0 aliphatic carbocycles. The Morgan fingerprint density at radius 3 is 1.90 bits per heavy atom. The molecule has 0 fully saturated rings. The first-order valence-electron chi connectivity index (χ1n) is 17.5. The SMILES string of the molecule is Cc1cccc(C)c1-n1c(-c2cccc(N(c3ccccc3)c3cccc4c3nc3n(-c5ccccc5)c5ccccc5n43)n2)nc2ccccc21. The molecule has 0 atom stereocenters. The number of hydrogen-bond acceptors (Lipinski definition) is 4. The third-order valence-electron chi connectivity index (χ3n) is 9.90. The maximum absolute atomic E-state index is 5.42. The van der Waals surface area contributed by atoms with Crippen molar-refractivity contribution in [2.75, 3.05) is 4.90 Å². The highest BCUT2D eigenvalue weighted by molar-refractivity contribution is 6.00. The summed E-state index contributed by atoms with van der Waals surface area (Å²) in [6.45, 7) is 4.31. The Morgan fingerprint density at radius 1 is 0.481 bits per heavy atom. The van der Waals surface area contributed by atoms with Gasteiger partial charge in [0, 0.05) is 11.4 Å². The van der Waals surface area contributed by atoms with Crippen LogP contribution in [0.5, 0.6) is 0 Å². The Balaban J connectivity index is 1.22. The fourth-order valence-corrected chi connectivity index (χ4v) is 7.65. The van der Waals surface area contributed by atoms with Gasteiger partial charge in [-0.15, -0.1) is 0 Å². The summed E-state index contributed by atoms with van der Waals surface area (Å²) in [5.74, 6) is 2.42. The Bertz CT molecular complexity index is 2910. The zero-order valence-electron chi connectivity index (χ0n) is 28.7. The van der Waals surface area contributed by atoms with E-state index in [0.29, 0.717) is 0 Å². The molecule has 4 heterocycles. The van der Waals surface area contributed by atoms with Gasteiger partial charge in [0.25, 0.3) is 0 Å². The number of benzene rings is 6. The van der Waals surface area contributed by atoms with Gasteiger partial charge in [0.2, 0.25) is 5.78 Å². The molecule has 0 spiro atoms. The molecule has 7 heteroatoms. The molecule has 0 N–H and O–H groups in total. The Kier molecular flexibility index (Phi) is 6.79. The number of hydrogen-bond donors (Lipinski definition) is 0. The van der Waals surface area contributed by atoms with Crippen LogP contribution in [0.15, 0.2) is 164 Å². The number of fused-ring (bicyclic) bond motifs is 6. The third-order valence-corrected chi connectivity index (χ3v) is 9.90. The molecule has 10 aromatic rings. The van der Waals surface area contributed by atoms with Gasteiger partial charge in [-0.3, -0.25) is 18.4 Å². The van der Waals surface area contributed by atoms with Crippen LogP contribution in [0.25, 0.3) is 61.8 Å². The van der Waals surface area contributed by atoms with Crippen LogP contribution in [-0.2, 0) is 0 Å². The molecule has 10 rings (SSSR count). The number of aryl methyl sites for hydroxylation is 2. The Labute approximate surface area is 300 Å². The summed E-state index contributed by atoms with van der Waals surface area (Å²) in [6.07, 6.45) is 0. The number of nitrogens with zero attached hydrogens (tertiary/aromatic N) is 7. The minimum absolute atomic E-state index is 0.768. The fourth-order valence-electron chi connectivity index (χ4n) is 7.65. The molecule has 52 heavy (non-hydrogen) atoms. The lowest BCUT2D eigenvalue weighted by molar-refractivity contribution is 1.04. The fraction of sp³-hybridized carbons (Fsp3) is 0.0444. The van der Waals surface area contributed by atoms with E-state index < -0.39 is 0 Å². The molecule has 0 unspecified atom stereocenters. The van der Waals surface area contributed by atoms with Crippen molar-refractivity contribution in [3.63, 3.8) is 0 Å². The molecular weight excluding hydrogens is 639 g/mol. The second-order valence-corrected chi connectivity index (χ2v) is 13.1. The largest absolute Gasteiger partial charge is 0.293 e. The highest BCUT2D eigenvalue weighted by Gasteiger charge is 2.24. The first kappa shape index (κ1) is 29.9. The van der Waals surface area contributed by atoms with E-state index in [-0.39, 0.29) is 0 Å². The van der Waals surface area contributed by atoms with Gasteiger partial charge < -0.3 is 0 Å². The monoisotopic (exact) mass is 671 g/mol. The quantitative estimate of drug-likeness (QED) is 0.177. The van der Waals surface area contributed by atoms with E-state index >= 15 is 0 Å². The van der Waals surface area contributed by atoms with Crippen LogP contribution >= 0.6 is 0 Å². The van der Waals surface area contributed by atoms with Gasteiger partial charge in [0.05, 0.1) is 39.0 Å². The lowest BCUT2D eigenvalue weighted by Crippen LogP contribution is -2.13. The summed E-state index contributed by atoms with van der Waals surface area (Å²) in [5, 5.41) is 0. The van der Waals surface area contributed by atoms with E-state index in [2.05, 4.69) is 178 Å². The average molecular weight is 672 g/mol. The topological polar surface area (TPSA) is 56.2 Å². The molecule has 0 saturated heterocycles. The number of aromatic nitrogens is 6. The smallest absolute Gasteiger partial charge is 0.220 e. The van der Waals surface area contributed by atoms with Crippen molar-refractivity contribution >= 4 is 56.1 Å². The van der Waals surface area contributed by atoms with E-state index in [1.807, 2.05) is 18.2 Å². The van der Waals surface area contributed by atoms with Crippen LogP contribution in [0.4, 0.5) is 17.2 Å². The van der Waals surface area contributed by atoms with Crippen LogP contribution in [-0.4, -0.2) is 28.5 Å². The van der Waals surface area contributed by atoms with Crippen molar-refractivity contribution in [3.05, 3.63) is 175 Å². The van der Waals surface area contributed by atoms with E-state index in [0.717, 1.165) is 79.0 Å². The van der Waals surface area contributed by atoms with Gasteiger partial charge >= 0.3 is 0 Å². The van der Waals surface area contributed by atoms with Gasteiger partial charge in [-0.1, -0.05) is 91.0 Å². The number of imidazole rings is 3. The average Bonchev–Trinajstić information content (AvgIpc) is 3.86. The van der Waals surface area contributed by atoms with E-state index in [1.54, 1.807) is 0 Å². The van der Waals surface area contributed by atoms with Crippen LogP contribution < -0.4 is 4.90 Å². The molecule has 0 bridgehead atoms. The van der Waals surface area contributed by atoms with Crippen molar-refractivity contribution in [2.45, 2.75) is 13.8 Å². The van der Waals surface area contributed by atoms with Gasteiger partial charge in [0.15, 0.2) is 5.82 Å². The lowest BCUT2D eigenvalue weighted by atomic mass is 10.1. The predicted molar refractivity (Wildman–Crippen MR) is 212 cm³/mol. The highest BCUT2D eigenvalue weighted by atomic mass is 15.2. The molecule has 7 nitrogen and oxygen atoms in total. The number of anilines is 3. The second kappa shape index (κ2) is 11.8. The van der Waals surface area contributed by atoms with Crippen LogP contribution in [0.3, 0.4) is 0 Å². The molecular formula is C45H33N7. The summed E-state index contributed by atoms with van der Waals surface area (Å²) in [5.41, 5.74) is 13.3. The van der Waals surface area contributed by atoms with E-state index in [9.17, 15) is 0 Å². The summed E-state index contributed by atoms with van der Waals surface area (Å²) >= 11 is 0. The van der Waals surface area contributed by atoms with Gasteiger partial charge in [0.1, 0.15) is 17.0 Å². The maximum Gasteiger partial charge on any atom is 0.220 e. The molecule has 6 aromatic carbocycles. The first-order valence-corrected chi connectivity index (χ1v) is 17.5. The van der Waals surface area contributed by atoms with Gasteiger partial charge in [-0.25, -0.2) is 15.0 Å². The van der Waals surface area contributed by atoms with E-state index in [1.165, 1.54) is 11.1 Å². The standard InChI is InChI=1S/C45H33N7/c1-30-16-13-17-31(2)43(30)52-36-24-10-9-22-34(36)47-44(52)35-23-14-29-41(46-35)49(32-18-5-3-6-19-32)39-27-15-28-40-42(39)48-45-50(33-20-7-4-8-21-33)37-25-11-12-26-38(37)51(40)45/h3-29H,1-2H3.